The van der Waals surface area contributed by atoms with Crippen LogP contribution in [0.25, 0.3) is 0 Å². The van der Waals surface area contributed by atoms with Gasteiger partial charge in [-0.1, -0.05) is 39.0 Å². The Hall–Kier alpha value is -1.76. The van der Waals surface area contributed by atoms with Crippen molar-refractivity contribution < 1.29 is 23.1 Å². The molecule has 0 saturated carbocycles. The first-order valence-corrected chi connectivity index (χ1v) is 9.31. The van der Waals surface area contributed by atoms with Crippen molar-refractivity contribution in [3.63, 3.8) is 0 Å². The molecular formula is C20H27F3N2O2. The van der Waals surface area contributed by atoms with E-state index in [1.807, 2.05) is 49.9 Å². The summed E-state index contributed by atoms with van der Waals surface area (Å²) in [4.78, 5) is 15.5. The van der Waals surface area contributed by atoms with Gasteiger partial charge in [-0.25, -0.2) is 4.79 Å². The summed E-state index contributed by atoms with van der Waals surface area (Å²) in [6.07, 6.45) is -2.98. The lowest BCUT2D eigenvalue weighted by Gasteiger charge is -2.42. The standard InChI is InChI=1S/C20H27F3N2O2/c1-18(2,3)16(17(26)27)25-12-19(14-6-4-5-7-15(14)25)8-10-24(11-9-19)13-20(21,22)23/h4-7,16H,8-13H2,1-3H3,(H,26,27). The van der Waals surface area contributed by atoms with Crippen molar-refractivity contribution in [3.8, 4) is 0 Å². The molecule has 2 aliphatic heterocycles. The molecule has 1 fully saturated rings. The van der Waals surface area contributed by atoms with Crippen molar-refractivity contribution in [3.05, 3.63) is 29.8 Å². The van der Waals surface area contributed by atoms with Gasteiger partial charge in [0.25, 0.3) is 0 Å². The van der Waals surface area contributed by atoms with Crippen LogP contribution in [0.4, 0.5) is 18.9 Å². The first-order valence-electron chi connectivity index (χ1n) is 9.31. The Kier molecular flexibility index (Phi) is 4.95. The molecule has 3 rings (SSSR count). The van der Waals surface area contributed by atoms with Crippen LogP contribution in [-0.2, 0) is 10.2 Å². The number of aliphatic carboxylic acids is 1. The minimum absolute atomic E-state index is 0.280. The van der Waals surface area contributed by atoms with E-state index in [4.69, 9.17) is 0 Å². The zero-order valence-corrected chi connectivity index (χ0v) is 16.0. The van der Waals surface area contributed by atoms with Crippen LogP contribution in [0, 0.1) is 5.41 Å². The van der Waals surface area contributed by atoms with E-state index in [9.17, 15) is 23.1 Å². The van der Waals surface area contributed by atoms with E-state index in [0.29, 0.717) is 32.5 Å². The van der Waals surface area contributed by atoms with E-state index < -0.39 is 30.1 Å². The van der Waals surface area contributed by atoms with Crippen LogP contribution in [0.15, 0.2) is 24.3 Å². The summed E-state index contributed by atoms with van der Waals surface area (Å²) >= 11 is 0. The Balaban J connectivity index is 1.89. The highest BCUT2D eigenvalue weighted by Gasteiger charge is 2.50. The molecule has 0 bridgehead atoms. The second-order valence-electron chi connectivity index (χ2n) is 8.92. The largest absolute Gasteiger partial charge is 0.480 e. The van der Waals surface area contributed by atoms with E-state index in [2.05, 4.69) is 0 Å². The third-order valence-corrected chi connectivity index (χ3v) is 5.84. The van der Waals surface area contributed by atoms with Crippen molar-refractivity contribution in [2.75, 3.05) is 31.1 Å². The van der Waals surface area contributed by atoms with Crippen molar-refractivity contribution in [1.29, 1.82) is 0 Å². The normalized spacial score (nSPS) is 21.3. The van der Waals surface area contributed by atoms with Gasteiger partial charge in [0.05, 0.1) is 6.54 Å². The molecule has 7 heteroatoms. The highest BCUT2D eigenvalue weighted by molar-refractivity contribution is 5.81. The minimum Gasteiger partial charge on any atom is -0.480 e. The summed E-state index contributed by atoms with van der Waals surface area (Å²) in [5.74, 6) is -0.871. The lowest BCUT2D eigenvalue weighted by molar-refractivity contribution is -0.149. The molecule has 1 N–H and O–H groups in total. The van der Waals surface area contributed by atoms with Gasteiger partial charge in [-0.05, 0) is 43.0 Å². The number of benzene rings is 1. The molecule has 0 aliphatic carbocycles. The number of halogens is 3. The molecule has 1 aromatic rings. The lowest BCUT2D eigenvalue weighted by Crippen LogP contribution is -2.53. The monoisotopic (exact) mass is 384 g/mol. The molecule has 1 spiro atoms. The predicted octanol–water partition coefficient (Wildman–Crippen LogP) is 3.90. The fraction of sp³-hybridized carbons (Fsp3) is 0.650. The molecule has 0 amide bonds. The molecule has 27 heavy (non-hydrogen) atoms. The average molecular weight is 384 g/mol. The number of rotatable bonds is 3. The summed E-state index contributed by atoms with van der Waals surface area (Å²) in [5.41, 5.74) is 1.23. The first kappa shape index (κ1) is 20.0. The average Bonchev–Trinajstić information content (AvgIpc) is 2.82. The second kappa shape index (κ2) is 6.69. The number of carboxylic acid groups (broad SMARTS) is 1. The summed E-state index contributed by atoms with van der Waals surface area (Å²) in [5, 5.41) is 9.88. The molecule has 1 atom stereocenters. The van der Waals surface area contributed by atoms with Gasteiger partial charge < -0.3 is 10.0 Å². The zero-order valence-electron chi connectivity index (χ0n) is 16.0. The Bertz CT molecular complexity index is 704. The number of carbonyl (C=O) groups is 1. The van der Waals surface area contributed by atoms with Crippen LogP contribution in [0.5, 0.6) is 0 Å². The molecule has 2 heterocycles. The van der Waals surface area contributed by atoms with Crippen molar-refractivity contribution >= 4 is 11.7 Å². The highest BCUT2D eigenvalue weighted by Crippen LogP contribution is 2.49. The van der Waals surface area contributed by atoms with Gasteiger partial charge in [0.1, 0.15) is 6.04 Å². The summed E-state index contributed by atoms with van der Waals surface area (Å²) < 4.78 is 38.2. The van der Waals surface area contributed by atoms with Gasteiger partial charge in [0.2, 0.25) is 0 Å². The molecular weight excluding hydrogens is 357 g/mol. The van der Waals surface area contributed by atoms with Gasteiger partial charge >= 0.3 is 12.1 Å². The highest BCUT2D eigenvalue weighted by atomic mass is 19.4. The number of hydrogen-bond donors (Lipinski definition) is 1. The van der Waals surface area contributed by atoms with Crippen LogP contribution >= 0.6 is 0 Å². The molecule has 4 nitrogen and oxygen atoms in total. The maximum Gasteiger partial charge on any atom is 0.401 e. The number of anilines is 1. The zero-order chi connectivity index (χ0) is 20.0. The number of carboxylic acids is 1. The Morgan fingerprint density at radius 2 is 1.78 bits per heavy atom. The first-order chi connectivity index (χ1) is 12.4. The number of alkyl halides is 3. The summed E-state index contributed by atoms with van der Waals surface area (Å²) in [6.45, 7) is 6.13. The quantitative estimate of drug-likeness (QED) is 0.858. The van der Waals surface area contributed by atoms with Crippen LogP contribution < -0.4 is 4.90 Å². The third-order valence-electron chi connectivity index (χ3n) is 5.84. The van der Waals surface area contributed by atoms with Gasteiger partial charge in [0, 0.05) is 17.6 Å². The molecule has 1 unspecified atom stereocenters. The molecule has 1 saturated heterocycles. The number of nitrogens with zero attached hydrogens (tertiary/aromatic N) is 2. The fourth-order valence-corrected chi connectivity index (χ4v) is 4.69. The smallest absolute Gasteiger partial charge is 0.401 e. The molecule has 0 aromatic heterocycles. The van der Waals surface area contributed by atoms with E-state index in [1.54, 1.807) is 0 Å². The van der Waals surface area contributed by atoms with Crippen molar-refractivity contribution in [1.82, 2.24) is 4.90 Å². The van der Waals surface area contributed by atoms with Crippen LogP contribution in [-0.4, -0.2) is 54.4 Å². The minimum atomic E-state index is -4.19. The number of piperidine rings is 1. The number of para-hydroxylation sites is 1. The van der Waals surface area contributed by atoms with Gasteiger partial charge in [-0.3, -0.25) is 4.90 Å². The van der Waals surface area contributed by atoms with Crippen molar-refractivity contribution in [2.24, 2.45) is 5.41 Å². The number of fused-ring (bicyclic) bond motifs is 2. The van der Waals surface area contributed by atoms with E-state index >= 15 is 0 Å². The number of likely N-dealkylation sites (tertiary alicyclic amines) is 1. The number of hydrogen-bond acceptors (Lipinski definition) is 3. The van der Waals surface area contributed by atoms with Gasteiger partial charge in [-0.15, -0.1) is 0 Å². The maximum absolute atomic E-state index is 12.7. The van der Waals surface area contributed by atoms with E-state index in [0.717, 1.165) is 11.3 Å². The third kappa shape index (κ3) is 3.93. The topological polar surface area (TPSA) is 43.8 Å². The fourth-order valence-electron chi connectivity index (χ4n) is 4.69. The Labute approximate surface area is 158 Å². The molecule has 0 radical (unpaired) electrons. The lowest BCUT2D eigenvalue weighted by atomic mass is 9.74. The van der Waals surface area contributed by atoms with Gasteiger partial charge in [0.15, 0.2) is 0 Å². The predicted molar refractivity (Wildman–Crippen MR) is 98.1 cm³/mol. The summed E-state index contributed by atoms with van der Waals surface area (Å²) in [6, 6.07) is 7.08. The van der Waals surface area contributed by atoms with Crippen LogP contribution in [0.2, 0.25) is 0 Å². The van der Waals surface area contributed by atoms with Crippen LogP contribution in [0.1, 0.15) is 39.2 Å². The van der Waals surface area contributed by atoms with Gasteiger partial charge in [-0.2, -0.15) is 13.2 Å². The molecule has 150 valence electrons. The van der Waals surface area contributed by atoms with E-state index in [1.165, 1.54) is 4.90 Å². The molecule has 2 aliphatic rings. The SMILES string of the molecule is CC(C)(C)C(C(=O)O)N1CC2(CCN(CC(F)(F)F)CC2)c2ccccc21. The maximum atomic E-state index is 12.7. The Morgan fingerprint density at radius 1 is 1.19 bits per heavy atom. The van der Waals surface area contributed by atoms with E-state index in [-0.39, 0.29) is 5.41 Å². The van der Waals surface area contributed by atoms with Crippen molar-refractivity contribution in [2.45, 2.75) is 51.2 Å². The Morgan fingerprint density at radius 3 is 2.30 bits per heavy atom. The summed E-state index contributed by atoms with van der Waals surface area (Å²) in [7, 11) is 0. The molecule has 1 aromatic carbocycles. The second-order valence-corrected chi connectivity index (χ2v) is 8.92. The van der Waals surface area contributed by atoms with Crippen LogP contribution in [0.3, 0.4) is 0 Å².